The Morgan fingerprint density at radius 2 is 2.16 bits per heavy atom. The molecule has 1 aromatic carbocycles. The van der Waals surface area contributed by atoms with Crippen molar-refractivity contribution >= 4 is 29.1 Å². The van der Waals surface area contributed by atoms with Crippen molar-refractivity contribution in [2.45, 2.75) is 13.5 Å². The number of benzene rings is 1. The van der Waals surface area contributed by atoms with Crippen molar-refractivity contribution in [1.82, 2.24) is 14.9 Å². The zero-order valence-corrected chi connectivity index (χ0v) is 11.9. The molecule has 0 aliphatic rings. The molecule has 0 spiro atoms. The lowest BCUT2D eigenvalue weighted by molar-refractivity contribution is 0.0952. The monoisotopic (exact) mass is 297 g/mol. The average molecular weight is 298 g/mol. The number of imidazole rings is 1. The van der Waals surface area contributed by atoms with Crippen LogP contribution >= 0.6 is 23.2 Å². The summed E-state index contributed by atoms with van der Waals surface area (Å²) in [5.74, 6) is 0.750. The van der Waals surface area contributed by atoms with Crippen LogP contribution in [0.15, 0.2) is 30.6 Å². The van der Waals surface area contributed by atoms with E-state index in [9.17, 15) is 4.79 Å². The molecule has 0 fully saturated rings. The zero-order valence-electron chi connectivity index (χ0n) is 10.4. The lowest BCUT2D eigenvalue weighted by Crippen LogP contribution is -2.27. The number of nitrogens with one attached hydrogen (secondary N) is 1. The standard InChI is InChI=1S/C13H13Cl2N3O/c1-9-16-4-6-18(9)7-5-17-13(19)10-2-3-11(14)12(15)8-10/h2-4,6,8H,5,7H2,1H3,(H,17,19). The molecule has 4 nitrogen and oxygen atoms in total. The van der Waals surface area contributed by atoms with Crippen molar-refractivity contribution < 1.29 is 4.79 Å². The van der Waals surface area contributed by atoms with Gasteiger partial charge in [0.05, 0.1) is 10.0 Å². The minimum Gasteiger partial charge on any atom is -0.350 e. The predicted octanol–water partition coefficient (Wildman–Crippen LogP) is 2.93. The second kappa shape index (κ2) is 6.08. The van der Waals surface area contributed by atoms with Gasteiger partial charge in [0.15, 0.2) is 0 Å². The average Bonchev–Trinajstić information content (AvgIpc) is 2.78. The molecule has 6 heteroatoms. The van der Waals surface area contributed by atoms with Crippen LogP contribution in [-0.2, 0) is 6.54 Å². The molecule has 1 heterocycles. The van der Waals surface area contributed by atoms with Gasteiger partial charge in [0.25, 0.3) is 5.91 Å². The molecule has 0 unspecified atom stereocenters. The Morgan fingerprint density at radius 1 is 1.37 bits per heavy atom. The van der Waals surface area contributed by atoms with Crippen molar-refractivity contribution in [2.24, 2.45) is 0 Å². The summed E-state index contributed by atoms with van der Waals surface area (Å²) in [5, 5.41) is 3.63. The maximum absolute atomic E-state index is 11.9. The van der Waals surface area contributed by atoms with Crippen LogP contribution in [-0.4, -0.2) is 22.0 Å². The summed E-state index contributed by atoms with van der Waals surface area (Å²) < 4.78 is 1.97. The molecule has 0 atom stereocenters. The quantitative estimate of drug-likeness (QED) is 0.943. The second-order valence-corrected chi connectivity index (χ2v) is 4.87. The minimum absolute atomic E-state index is 0.170. The van der Waals surface area contributed by atoms with E-state index in [4.69, 9.17) is 23.2 Å². The van der Waals surface area contributed by atoms with Crippen LogP contribution < -0.4 is 5.32 Å². The predicted molar refractivity (Wildman–Crippen MR) is 75.8 cm³/mol. The minimum atomic E-state index is -0.170. The van der Waals surface area contributed by atoms with E-state index in [1.165, 1.54) is 0 Å². The molecule has 0 saturated carbocycles. The van der Waals surface area contributed by atoms with E-state index in [2.05, 4.69) is 10.3 Å². The highest BCUT2D eigenvalue weighted by molar-refractivity contribution is 6.42. The van der Waals surface area contributed by atoms with Gasteiger partial charge in [-0.05, 0) is 25.1 Å². The van der Waals surface area contributed by atoms with Gasteiger partial charge in [-0.25, -0.2) is 4.98 Å². The summed E-state index contributed by atoms with van der Waals surface area (Å²) >= 11 is 11.7. The summed E-state index contributed by atoms with van der Waals surface area (Å²) in [7, 11) is 0. The highest BCUT2D eigenvalue weighted by atomic mass is 35.5. The molecule has 0 radical (unpaired) electrons. The van der Waals surface area contributed by atoms with Gasteiger partial charge in [0.2, 0.25) is 0 Å². The van der Waals surface area contributed by atoms with E-state index in [1.54, 1.807) is 24.4 Å². The van der Waals surface area contributed by atoms with Gasteiger partial charge in [-0.2, -0.15) is 0 Å². The molecule has 19 heavy (non-hydrogen) atoms. The van der Waals surface area contributed by atoms with Crippen molar-refractivity contribution in [3.8, 4) is 0 Å². The maximum Gasteiger partial charge on any atom is 0.251 e. The highest BCUT2D eigenvalue weighted by Gasteiger charge is 2.07. The lowest BCUT2D eigenvalue weighted by atomic mass is 10.2. The molecule has 1 N–H and O–H groups in total. The number of nitrogens with zero attached hydrogens (tertiary/aromatic N) is 2. The lowest BCUT2D eigenvalue weighted by Gasteiger charge is -2.08. The Kier molecular flexibility index (Phi) is 4.45. The first-order chi connectivity index (χ1) is 9.08. The summed E-state index contributed by atoms with van der Waals surface area (Å²) in [6.45, 7) is 3.12. The molecule has 1 amide bonds. The second-order valence-electron chi connectivity index (χ2n) is 4.05. The van der Waals surface area contributed by atoms with Gasteiger partial charge in [-0.3, -0.25) is 4.79 Å². The van der Waals surface area contributed by atoms with Crippen LogP contribution in [0, 0.1) is 6.92 Å². The summed E-state index contributed by atoms with van der Waals surface area (Å²) in [5.41, 5.74) is 0.497. The van der Waals surface area contributed by atoms with E-state index >= 15 is 0 Å². The molecule has 2 rings (SSSR count). The van der Waals surface area contributed by atoms with Gasteiger partial charge >= 0.3 is 0 Å². The Labute approximate surface area is 121 Å². The fraction of sp³-hybridized carbons (Fsp3) is 0.231. The molecule has 0 bridgehead atoms. The zero-order chi connectivity index (χ0) is 13.8. The third kappa shape index (κ3) is 3.49. The largest absolute Gasteiger partial charge is 0.350 e. The van der Waals surface area contributed by atoms with E-state index < -0.39 is 0 Å². The van der Waals surface area contributed by atoms with E-state index in [0.717, 1.165) is 5.82 Å². The number of halogens is 2. The van der Waals surface area contributed by atoms with Gasteiger partial charge in [0.1, 0.15) is 5.82 Å². The molecule has 0 saturated heterocycles. The molecule has 2 aromatic rings. The van der Waals surface area contributed by atoms with Crippen LogP contribution in [0.4, 0.5) is 0 Å². The summed E-state index contributed by atoms with van der Waals surface area (Å²) in [4.78, 5) is 16.0. The van der Waals surface area contributed by atoms with Crippen LogP contribution in [0.5, 0.6) is 0 Å². The van der Waals surface area contributed by atoms with E-state index in [-0.39, 0.29) is 5.91 Å². The third-order valence-corrected chi connectivity index (χ3v) is 3.48. The topological polar surface area (TPSA) is 46.9 Å². The first-order valence-electron chi connectivity index (χ1n) is 5.79. The fourth-order valence-corrected chi connectivity index (χ4v) is 1.97. The van der Waals surface area contributed by atoms with Gasteiger partial charge < -0.3 is 9.88 Å². The van der Waals surface area contributed by atoms with Gasteiger partial charge in [0, 0.05) is 31.0 Å². The number of carbonyl (C=O) groups excluding carboxylic acids is 1. The summed E-state index contributed by atoms with van der Waals surface area (Å²) in [6, 6.07) is 4.81. The number of hydrogen-bond acceptors (Lipinski definition) is 2. The number of hydrogen-bond donors (Lipinski definition) is 1. The number of carbonyl (C=O) groups is 1. The first kappa shape index (κ1) is 13.9. The van der Waals surface area contributed by atoms with Crippen molar-refractivity contribution in [2.75, 3.05) is 6.54 Å². The fourth-order valence-electron chi connectivity index (χ4n) is 1.67. The number of aryl methyl sites for hydroxylation is 1. The van der Waals surface area contributed by atoms with Crippen LogP contribution in [0.3, 0.4) is 0 Å². The SMILES string of the molecule is Cc1nccn1CCNC(=O)c1ccc(Cl)c(Cl)c1. The van der Waals surface area contributed by atoms with E-state index in [0.29, 0.717) is 28.7 Å². The maximum atomic E-state index is 11.9. The summed E-state index contributed by atoms with van der Waals surface area (Å²) in [6.07, 6.45) is 3.61. The Balaban J connectivity index is 1.91. The Morgan fingerprint density at radius 3 is 2.79 bits per heavy atom. The van der Waals surface area contributed by atoms with Crippen molar-refractivity contribution in [3.63, 3.8) is 0 Å². The Bertz CT molecular complexity index is 595. The van der Waals surface area contributed by atoms with Gasteiger partial charge in [-0.1, -0.05) is 23.2 Å². The molecule has 100 valence electrons. The molecule has 0 aliphatic carbocycles. The normalized spacial score (nSPS) is 10.5. The molecule has 1 aromatic heterocycles. The van der Waals surface area contributed by atoms with Crippen molar-refractivity contribution in [3.05, 3.63) is 52.0 Å². The van der Waals surface area contributed by atoms with E-state index in [1.807, 2.05) is 17.7 Å². The molecular weight excluding hydrogens is 285 g/mol. The molecular formula is C13H13Cl2N3O. The number of aromatic nitrogens is 2. The number of amides is 1. The van der Waals surface area contributed by atoms with Crippen LogP contribution in [0.25, 0.3) is 0 Å². The smallest absolute Gasteiger partial charge is 0.251 e. The number of rotatable bonds is 4. The van der Waals surface area contributed by atoms with Gasteiger partial charge in [-0.15, -0.1) is 0 Å². The van der Waals surface area contributed by atoms with Crippen LogP contribution in [0.2, 0.25) is 10.0 Å². The van der Waals surface area contributed by atoms with Crippen molar-refractivity contribution in [1.29, 1.82) is 0 Å². The molecule has 0 aliphatic heterocycles. The Hall–Kier alpha value is -1.52. The third-order valence-electron chi connectivity index (χ3n) is 2.74. The van der Waals surface area contributed by atoms with Crippen LogP contribution in [0.1, 0.15) is 16.2 Å². The first-order valence-corrected chi connectivity index (χ1v) is 6.54. The highest BCUT2D eigenvalue weighted by Crippen LogP contribution is 2.22.